The second kappa shape index (κ2) is 4.60. The van der Waals surface area contributed by atoms with Gasteiger partial charge in [0.05, 0.1) is 12.2 Å². The highest BCUT2D eigenvalue weighted by Gasteiger charge is 2.27. The Morgan fingerprint density at radius 2 is 2.07 bits per heavy atom. The van der Waals surface area contributed by atoms with Crippen LogP contribution >= 0.6 is 0 Å². The fraction of sp³-hybridized carbons (Fsp3) is 1.00. The Morgan fingerprint density at radius 3 is 2.71 bits per heavy atom. The fourth-order valence-electron chi connectivity index (χ4n) is 2.39. The molecule has 1 saturated carbocycles. The lowest BCUT2D eigenvalue weighted by atomic mass is 9.93. The van der Waals surface area contributed by atoms with Gasteiger partial charge in [0.1, 0.15) is 0 Å². The Kier molecular flexibility index (Phi) is 3.42. The molecule has 0 radical (unpaired) electrons. The van der Waals surface area contributed by atoms with Crippen LogP contribution in [0.4, 0.5) is 0 Å². The first-order chi connectivity index (χ1) is 6.74. The van der Waals surface area contributed by atoms with Gasteiger partial charge in [-0.25, -0.2) is 0 Å². The molecule has 2 rings (SSSR count). The number of hydrogen-bond donors (Lipinski definition) is 1. The number of hydrogen-bond acceptors (Lipinski definition) is 3. The Labute approximate surface area is 85.9 Å². The van der Waals surface area contributed by atoms with Crippen LogP contribution in [0, 0.1) is 0 Å². The first-order valence-electron chi connectivity index (χ1n) is 5.80. The average Bonchev–Trinajstić information content (AvgIpc) is 2.51. The van der Waals surface area contributed by atoms with E-state index in [0.717, 1.165) is 32.1 Å². The van der Waals surface area contributed by atoms with Gasteiger partial charge in [0.2, 0.25) is 0 Å². The molecule has 0 spiro atoms. The summed E-state index contributed by atoms with van der Waals surface area (Å²) >= 11 is 0. The van der Waals surface area contributed by atoms with E-state index in [1.165, 1.54) is 6.42 Å². The predicted octanol–water partition coefficient (Wildman–Crippen LogP) is 1.80. The Balaban J connectivity index is 1.74. The summed E-state index contributed by atoms with van der Waals surface area (Å²) in [5, 5.41) is 0. The van der Waals surface area contributed by atoms with Crippen LogP contribution in [0.15, 0.2) is 0 Å². The number of rotatable bonds is 2. The summed E-state index contributed by atoms with van der Waals surface area (Å²) in [5.74, 6) is 0. The van der Waals surface area contributed by atoms with Crippen molar-refractivity contribution in [3.05, 3.63) is 0 Å². The van der Waals surface area contributed by atoms with Crippen molar-refractivity contribution < 1.29 is 9.47 Å². The maximum Gasteiger partial charge on any atom is 0.158 e. The van der Waals surface area contributed by atoms with Gasteiger partial charge >= 0.3 is 0 Å². The van der Waals surface area contributed by atoms with Gasteiger partial charge in [-0.2, -0.15) is 0 Å². The highest BCUT2D eigenvalue weighted by atomic mass is 16.7. The quantitative estimate of drug-likeness (QED) is 0.737. The van der Waals surface area contributed by atoms with Gasteiger partial charge in [-0.15, -0.1) is 0 Å². The second-order valence-electron chi connectivity index (χ2n) is 4.64. The molecule has 0 amide bonds. The molecule has 3 nitrogen and oxygen atoms in total. The standard InChI is InChI=1S/C11H21NO2/c1-8-5-6-11(13-8)14-10-4-2-3-9(12)7-10/h8-11H,2-7,12H2,1H3/t8?,9-,10?,11?/m0/s1. The summed E-state index contributed by atoms with van der Waals surface area (Å²) < 4.78 is 11.5. The van der Waals surface area contributed by atoms with Crippen molar-refractivity contribution in [2.24, 2.45) is 5.73 Å². The van der Waals surface area contributed by atoms with E-state index in [-0.39, 0.29) is 6.29 Å². The molecule has 1 aliphatic carbocycles. The van der Waals surface area contributed by atoms with Crippen molar-refractivity contribution in [2.45, 2.75) is 70.0 Å². The van der Waals surface area contributed by atoms with Gasteiger partial charge < -0.3 is 15.2 Å². The summed E-state index contributed by atoms with van der Waals surface area (Å²) in [7, 11) is 0. The lowest BCUT2D eigenvalue weighted by molar-refractivity contribution is -0.166. The van der Waals surface area contributed by atoms with Gasteiger partial charge in [-0.1, -0.05) is 0 Å². The van der Waals surface area contributed by atoms with Crippen LogP contribution in [0.25, 0.3) is 0 Å². The lowest BCUT2D eigenvalue weighted by Crippen LogP contribution is -2.34. The highest BCUT2D eigenvalue weighted by molar-refractivity contribution is 4.76. The molecule has 82 valence electrons. The molecule has 3 unspecified atom stereocenters. The molecular formula is C11H21NO2. The van der Waals surface area contributed by atoms with E-state index in [0.29, 0.717) is 18.2 Å². The van der Waals surface area contributed by atoms with Crippen LogP contribution < -0.4 is 5.73 Å². The Morgan fingerprint density at radius 1 is 1.21 bits per heavy atom. The van der Waals surface area contributed by atoms with E-state index >= 15 is 0 Å². The zero-order valence-electron chi connectivity index (χ0n) is 8.95. The topological polar surface area (TPSA) is 44.5 Å². The molecule has 2 fully saturated rings. The van der Waals surface area contributed by atoms with Gasteiger partial charge in [0.25, 0.3) is 0 Å². The number of nitrogens with two attached hydrogens (primary N) is 1. The highest BCUT2D eigenvalue weighted by Crippen LogP contribution is 2.26. The molecule has 2 aliphatic rings. The molecule has 0 aromatic rings. The van der Waals surface area contributed by atoms with Crippen molar-refractivity contribution >= 4 is 0 Å². The summed E-state index contributed by atoms with van der Waals surface area (Å²) in [6, 6.07) is 0.340. The van der Waals surface area contributed by atoms with E-state index in [1.54, 1.807) is 0 Å². The van der Waals surface area contributed by atoms with Crippen LogP contribution in [-0.4, -0.2) is 24.5 Å². The van der Waals surface area contributed by atoms with Crippen LogP contribution in [-0.2, 0) is 9.47 Å². The minimum atomic E-state index is 0.0419. The molecule has 1 heterocycles. The first kappa shape index (κ1) is 10.4. The third kappa shape index (κ3) is 2.69. The first-order valence-corrected chi connectivity index (χ1v) is 5.80. The third-order valence-electron chi connectivity index (χ3n) is 3.20. The van der Waals surface area contributed by atoms with Crippen LogP contribution in [0.5, 0.6) is 0 Å². The average molecular weight is 199 g/mol. The van der Waals surface area contributed by atoms with E-state index in [9.17, 15) is 0 Å². The molecular weight excluding hydrogens is 178 g/mol. The minimum Gasteiger partial charge on any atom is -0.350 e. The van der Waals surface area contributed by atoms with Crippen molar-refractivity contribution in [1.82, 2.24) is 0 Å². The lowest BCUT2D eigenvalue weighted by Gasteiger charge is -2.28. The van der Waals surface area contributed by atoms with Gasteiger partial charge in [0, 0.05) is 12.5 Å². The van der Waals surface area contributed by atoms with Gasteiger partial charge in [-0.3, -0.25) is 0 Å². The largest absolute Gasteiger partial charge is 0.350 e. The number of ether oxygens (including phenoxy) is 2. The fourth-order valence-corrected chi connectivity index (χ4v) is 2.39. The van der Waals surface area contributed by atoms with Crippen molar-refractivity contribution in [2.75, 3.05) is 0 Å². The monoisotopic (exact) mass is 199 g/mol. The van der Waals surface area contributed by atoms with Crippen molar-refractivity contribution in [3.8, 4) is 0 Å². The molecule has 3 heteroatoms. The van der Waals surface area contributed by atoms with Crippen molar-refractivity contribution in [1.29, 1.82) is 0 Å². The summed E-state index contributed by atoms with van der Waals surface area (Å²) in [5.41, 5.74) is 5.91. The van der Waals surface area contributed by atoms with E-state index < -0.39 is 0 Å². The third-order valence-corrected chi connectivity index (χ3v) is 3.20. The van der Waals surface area contributed by atoms with Crippen LogP contribution in [0.1, 0.15) is 45.4 Å². The molecule has 1 saturated heterocycles. The summed E-state index contributed by atoms with van der Waals surface area (Å²) in [4.78, 5) is 0. The van der Waals surface area contributed by atoms with E-state index in [2.05, 4.69) is 6.92 Å². The van der Waals surface area contributed by atoms with Gasteiger partial charge in [0.15, 0.2) is 6.29 Å². The summed E-state index contributed by atoms with van der Waals surface area (Å²) in [6.45, 7) is 2.11. The van der Waals surface area contributed by atoms with Crippen LogP contribution in [0.3, 0.4) is 0 Å². The molecule has 1 aliphatic heterocycles. The Bertz CT molecular complexity index is 186. The van der Waals surface area contributed by atoms with Crippen LogP contribution in [0.2, 0.25) is 0 Å². The zero-order chi connectivity index (χ0) is 9.97. The molecule has 0 aromatic heterocycles. The minimum absolute atomic E-state index is 0.0419. The predicted molar refractivity (Wildman–Crippen MR) is 54.9 cm³/mol. The van der Waals surface area contributed by atoms with Crippen molar-refractivity contribution in [3.63, 3.8) is 0 Å². The van der Waals surface area contributed by atoms with Gasteiger partial charge in [-0.05, 0) is 39.0 Å². The normalized spacial score (nSPS) is 44.1. The molecule has 14 heavy (non-hydrogen) atoms. The zero-order valence-corrected chi connectivity index (χ0v) is 8.95. The molecule has 0 bridgehead atoms. The Hall–Kier alpha value is -0.120. The molecule has 0 aromatic carbocycles. The maximum atomic E-state index is 5.91. The molecule has 2 N–H and O–H groups in total. The second-order valence-corrected chi connectivity index (χ2v) is 4.64. The molecule has 4 atom stereocenters. The van der Waals surface area contributed by atoms with E-state index in [1.807, 2.05) is 0 Å². The maximum absolute atomic E-state index is 5.91. The van der Waals surface area contributed by atoms with E-state index in [4.69, 9.17) is 15.2 Å². The smallest absolute Gasteiger partial charge is 0.158 e. The SMILES string of the molecule is CC1CCC(OC2CCC[C@H](N)C2)O1. The summed E-state index contributed by atoms with van der Waals surface area (Å²) in [6.07, 6.45) is 7.45.